The van der Waals surface area contributed by atoms with Gasteiger partial charge in [-0.25, -0.2) is 4.79 Å². The summed E-state index contributed by atoms with van der Waals surface area (Å²) in [7, 11) is 0. The number of aliphatic carboxylic acids is 2. The van der Waals surface area contributed by atoms with E-state index in [0.717, 1.165) is 29.7 Å². The Bertz CT molecular complexity index is 515. The molecule has 102 valence electrons. The fourth-order valence-corrected chi connectivity index (χ4v) is 3.20. The molecule has 1 unspecified atom stereocenters. The Morgan fingerprint density at radius 2 is 2.05 bits per heavy atom. The Hall–Kier alpha value is -1.89. The van der Waals surface area contributed by atoms with Crippen LogP contribution < -0.4 is 5.32 Å². The first-order chi connectivity index (χ1) is 8.97. The third-order valence-corrected chi connectivity index (χ3v) is 4.19. The van der Waals surface area contributed by atoms with Crippen LogP contribution in [-0.2, 0) is 22.4 Å². The van der Waals surface area contributed by atoms with Crippen molar-refractivity contribution in [1.29, 1.82) is 0 Å². The molecule has 1 aliphatic carbocycles. The molecule has 0 aromatic carbocycles. The van der Waals surface area contributed by atoms with Gasteiger partial charge in [-0.15, -0.1) is 11.3 Å². The SMILES string of the molecule is O=C(O)CC(NC(=O)c1cc2c(s1)CCC2)C(=O)O. The van der Waals surface area contributed by atoms with Gasteiger partial charge in [-0.1, -0.05) is 0 Å². The van der Waals surface area contributed by atoms with E-state index in [0.29, 0.717) is 4.88 Å². The van der Waals surface area contributed by atoms with Crippen LogP contribution in [0.25, 0.3) is 0 Å². The Morgan fingerprint density at radius 3 is 2.63 bits per heavy atom. The predicted octanol–water partition coefficient (Wildman–Crippen LogP) is 0.894. The summed E-state index contributed by atoms with van der Waals surface area (Å²) in [5.74, 6) is -3.13. The van der Waals surface area contributed by atoms with Gasteiger partial charge in [-0.05, 0) is 30.9 Å². The lowest BCUT2D eigenvalue weighted by Gasteiger charge is -2.11. The summed E-state index contributed by atoms with van der Waals surface area (Å²) >= 11 is 1.35. The van der Waals surface area contributed by atoms with E-state index >= 15 is 0 Å². The number of nitrogens with one attached hydrogen (secondary N) is 1. The van der Waals surface area contributed by atoms with Crippen LogP contribution in [0.15, 0.2) is 6.07 Å². The number of carbonyl (C=O) groups is 3. The van der Waals surface area contributed by atoms with Crippen molar-refractivity contribution in [3.05, 3.63) is 21.4 Å². The van der Waals surface area contributed by atoms with Crippen molar-refractivity contribution in [2.24, 2.45) is 0 Å². The number of amides is 1. The average Bonchev–Trinajstić information content (AvgIpc) is 2.86. The predicted molar refractivity (Wildman–Crippen MR) is 67.5 cm³/mol. The number of hydrogen-bond donors (Lipinski definition) is 3. The van der Waals surface area contributed by atoms with Crippen LogP contribution in [0.1, 0.15) is 33.0 Å². The van der Waals surface area contributed by atoms with E-state index in [1.165, 1.54) is 11.3 Å². The molecule has 0 saturated heterocycles. The van der Waals surface area contributed by atoms with Crippen molar-refractivity contribution in [3.63, 3.8) is 0 Å². The van der Waals surface area contributed by atoms with Crippen molar-refractivity contribution < 1.29 is 24.6 Å². The number of carboxylic acids is 2. The van der Waals surface area contributed by atoms with E-state index in [-0.39, 0.29) is 0 Å². The van der Waals surface area contributed by atoms with Crippen LogP contribution >= 0.6 is 11.3 Å². The van der Waals surface area contributed by atoms with Crippen molar-refractivity contribution in [1.82, 2.24) is 5.32 Å². The molecule has 0 aliphatic heterocycles. The summed E-state index contributed by atoms with van der Waals surface area (Å²) in [6, 6.07) is 0.365. The lowest BCUT2D eigenvalue weighted by molar-refractivity contribution is -0.145. The van der Waals surface area contributed by atoms with Crippen molar-refractivity contribution >= 4 is 29.2 Å². The monoisotopic (exact) mass is 283 g/mol. The molecule has 0 spiro atoms. The van der Waals surface area contributed by atoms with Gasteiger partial charge in [0.2, 0.25) is 0 Å². The van der Waals surface area contributed by atoms with E-state index in [1.54, 1.807) is 6.07 Å². The Labute approximate surface area is 113 Å². The van der Waals surface area contributed by atoms with Gasteiger partial charge in [0.25, 0.3) is 5.91 Å². The van der Waals surface area contributed by atoms with Gasteiger partial charge in [-0.2, -0.15) is 0 Å². The minimum Gasteiger partial charge on any atom is -0.481 e. The lowest BCUT2D eigenvalue weighted by atomic mass is 10.2. The van der Waals surface area contributed by atoms with Gasteiger partial charge in [0.1, 0.15) is 6.04 Å². The second kappa shape index (κ2) is 5.40. The van der Waals surface area contributed by atoms with Crippen LogP contribution in [-0.4, -0.2) is 34.1 Å². The minimum atomic E-state index is -1.40. The van der Waals surface area contributed by atoms with Crippen LogP contribution in [0, 0.1) is 0 Å². The zero-order valence-corrected chi connectivity index (χ0v) is 10.8. The summed E-state index contributed by atoms with van der Waals surface area (Å²) in [6.07, 6.45) is 2.34. The molecule has 0 fully saturated rings. The highest BCUT2D eigenvalue weighted by Crippen LogP contribution is 2.30. The third kappa shape index (κ3) is 3.11. The summed E-state index contributed by atoms with van der Waals surface area (Å²) in [6.45, 7) is 0. The van der Waals surface area contributed by atoms with E-state index in [2.05, 4.69) is 5.32 Å². The standard InChI is InChI=1S/C12H13NO5S/c14-10(15)5-7(12(17)18)13-11(16)9-4-6-2-1-3-8(6)19-9/h4,7H,1-3,5H2,(H,13,16)(H,14,15)(H,17,18). The average molecular weight is 283 g/mol. The second-order valence-electron chi connectivity index (χ2n) is 4.37. The molecule has 1 aromatic rings. The van der Waals surface area contributed by atoms with Gasteiger partial charge in [0, 0.05) is 4.88 Å². The maximum atomic E-state index is 11.9. The molecule has 6 nitrogen and oxygen atoms in total. The molecule has 3 N–H and O–H groups in total. The van der Waals surface area contributed by atoms with Gasteiger partial charge in [0.15, 0.2) is 0 Å². The highest BCUT2D eigenvalue weighted by Gasteiger charge is 2.25. The molecule has 0 saturated carbocycles. The van der Waals surface area contributed by atoms with Gasteiger partial charge in [-0.3, -0.25) is 9.59 Å². The minimum absolute atomic E-state index is 0.446. The normalized spacial score (nSPS) is 14.7. The number of thiophene rings is 1. The Kier molecular flexibility index (Phi) is 3.84. The van der Waals surface area contributed by atoms with Crippen LogP contribution in [0.2, 0.25) is 0 Å². The van der Waals surface area contributed by atoms with E-state index < -0.39 is 30.3 Å². The van der Waals surface area contributed by atoms with Gasteiger partial charge < -0.3 is 15.5 Å². The number of rotatable bonds is 5. The largest absolute Gasteiger partial charge is 0.481 e. The summed E-state index contributed by atoms with van der Waals surface area (Å²) in [5, 5.41) is 19.7. The first-order valence-corrected chi connectivity index (χ1v) is 6.66. The lowest BCUT2D eigenvalue weighted by Crippen LogP contribution is -2.41. The smallest absolute Gasteiger partial charge is 0.326 e. The summed E-state index contributed by atoms with van der Waals surface area (Å²) in [4.78, 5) is 34.9. The topological polar surface area (TPSA) is 104 Å². The van der Waals surface area contributed by atoms with Crippen molar-refractivity contribution in [2.75, 3.05) is 0 Å². The molecular formula is C12H13NO5S. The quantitative estimate of drug-likeness (QED) is 0.744. The van der Waals surface area contributed by atoms with Crippen molar-refractivity contribution in [2.45, 2.75) is 31.7 Å². The fourth-order valence-electron chi connectivity index (χ4n) is 2.05. The molecule has 7 heteroatoms. The first-order valence-electron chi connectivity index (χ1n) is 5.84. The molecule has 1 aromatic heterocycles. The summed E-state index contributed by atoms with van der Waals surface area (Å²) < 4.78 is 0. The second-order valence-corrected chi connectivity index (χ2v) is 5.51. The molecule has 1 amide bonds. The molecule has 1 heterocycles. The third-order valence-electron chi connectivity index (χ3n) is 2.95. The molecule has 2 rings (SSSR count). The van der Waals surface area contributed by atoms with Crippen LogP contribution in [0.4, 0.5) is 0 Å². The highest BCUT2D eigenvalue weighted by atomic mass is 32.1. The Morgan fingerprint density at radius 1 is 1.32 bits per heavy atom. The maximum Gasteiger partial charge on any atom is 0.326 e. The highest BCUT2D eigenvalue weighted by molar-refractivity contribution is 7.14. The number of carbonyl (C=O) groups excluding carboxylic acids is 1. The van der Waals surface area contributed by atoms with E-state index in [4.69, 9.17) is 10.2 Å². The van der Waals surface area contributed by atoms with Gasteiger partial charge >= 0.3 is 11.9 Å². The first kappa shape index (κ1) is 13.5. The van der Waals surface area contributed by atoms with E-state index in [1.807, 2.05) is 0 Å². The number of hydrogen-bond acceptors (Lipinski definition) is 4. The van der Waals surface area contributed by atoms with Crippen LogP contribution in [0.5, 0.6) is 0 Å². The fraction of sp³-hybridized carbons (Fsp3) is 0.417. The number of aryl methyl sites for hydroxylation is 2. The molecule has 19 heavy (non-hydrogen) atoms. The number of fused-ring (bicyclic) bond motifs is 1. The maximum absolute atomic E-state index is 11.9. The van der Waals surface area contributed by atoms with Crippen LogP contribution in [0.3, 0.4) is 0 Å². The molecule has 1 aliphatic rings. The van der Waals surface area contributed by atoms with Crippen molar-refractivity contribution in [3.8, 4) is 0 Å². The molecule has 1 atom stereocenters. The zero-order valence-electron chi connectivity index (χ0n) is 10.0. The molecular weight excluding hydrogens is 270 g/mol. The Balaban J connectivity index is 2.06. The van der Waals surface area contributed by atoms with Gasteiger partial charge in [0.05, 0.1) is 11.3 Å². The van der Waals surface area contributed by atoms with E-state index in [9.17, 15) is 14.4 Å². The molecule has 0 bridgehead atoms. The number of carboxylic acid groups (broad SMARTS) is 2. The summed E-state index contributed by atoms with van der Waals surface area (Å²) in [5.41, 5.74) is 1.14. The zero-order chi connectivity index (χ0) is 14.0. The molecule has 0 radical (unpaired) electrons.